The maximum absolute atomic E-state index is 12.2. The summed E-state index contributed by atoms with van der Waals surface area (Å²) in [6.07, 6.45) is 0.0813. The second-order valence-electron chi connectivity index (χ2n) is 4.48. The Hall–Kier alpha value is -0.845. The highest BCUT2D eigenvalue weighted by Gasteiger charge is 2.29. The van der Waals surface area contributed by atoms with Gasteiger partial charge in [0.25, 0.3) is 0 Å². The second kappa shape index (κ2) is 5.42. The van der Waals surface area contributed by atoms with Gasteiger partial charge in [-0.2, -0.15) is 0 Å². The lowest BCUT2D eigenvalue weighted by molar-refractivity contribution is 0.359. The molecule has 1 radical (unpaired) electrons. The Labute approximate surface area is 109 Å². The third-order valence-electron chi connectivity index (χ3n) is 3.04. The molecule has 1 aliphatic rings. The quantitative estimate of drug-likeness (QED) is 0.547. The summed E-state index contributed by atoms with van der Waals surface area (Å²) >= 11 is 0. The highest BCUT2D eigenvalue weighted by atomic mass is 32.2. The first-order chi connectivity index (χ1) is 8.53. The number of rotatable bonds is 6. The topological polar surface area (TPSA) is 49.9 Å². The van der Waals surface area contributed by atoms with Gasteiger partial charge < -0.3 is 4.74 Å². The Kier molecular flexibility index (Phi) is 4.09. The Morgan fingerprint density at radius 1 is 1.44 bits per heavy atom. The van der Waals surface area contributed by atoms with E-state index in [1.165, 1.54) is 4.31 Å². The molecule has 0 spiro atoms. The predicted molar refractivity (Wildman–Crippen MR) is 72.7 cm³/mol. The van der Waals surface area contributed by atoms with Gasteiger partial charge >= 0.3 is 0 Å². The Morgan fingerprint density at radius 3 is 2.72 bits per heavy atom. The SMILES string of the molecule is C[B]c1ccccc1CS(=O)(=O)N(C)CC1CO1. The average Bonchev–Trinajstić information content (AvgIpc) is 3.13. The average molecular weight is 266 g/mol. The van der Waals surface area contributed by atoms with Crippen molar-refractivity contribution in [3.63, 3.8) is 0 Å². The molecular weight excluding hydrogens is 249 g/mol. The predicted octanol–water partition coefficient (Wildman–Crippen LogP) is 0.225. The highest BCUT2D eigenvalue weighted by Crippen LogP contribution is 2.14. The maximum Gasteiger partial charge on any atom is 0.218 e. The van der Waals surface area contributed by atoms with Gasteiger partial charge in [0.2, 0.25) is 10.0 Å². The largest absolute Gasteiger partial charge is 0.372 e. The number of nitrogens with zero attached hydrogens (tertiary/aromatic N) is 1. The first kappa shape index (κ1) is 13.6. The van der Waals surface area contributed by atoms with Crippen molar-refractivity contribution in [2.45, 2.75) is 18.7 Å². The molecule has 2 rings (SSSR count). The van der Waals surface area contributed by atoms with Gasteiger partial charge in [-0.3, -0.25) is 0 Å². The minimum atomic E-state index is -3.27. The van der Waals surface area contributed by atoms with E-state index in [4.69, 9.17) is 4.74 Å². The summed E-state index contributed by atoms with van der Waals surface area (Å²) in [5.41, 5.74) is 1.81. The summed E-state index contributed by atoms with van der Waals surface area (Å²) < 4.78 is 30.8. The normalized spacial score (nSPS) is 18.9. The second-order valence-corrected chi connectivity index (χ2v) is 6.56. The summed E-state index contributed by atoms with van der Waals surface area (Å²) in [5.74, 6) is 0.0384. The first-order valence-corrected chi connectivity index (χ1v) is 7.56. The van der Waals surface area contributed by atoms with Crippen LogP contribution in [0.25, 0.3) is 0 Å². The van der Waals surface area contributed by atoms with Crippen molar-refractivity contribution >= 4 is 22.8 Å². The fourth-order valence-electron chi connectivity index (χ4n) is 1.83. The van der Waals surface area contributed by atoms with Crippen molar-refractivity contribution in [2.24, 2.45) is 0 Å². The van der Waals surface area contributed by atoms with Crippen LogP contribution in [0.1, 0.15) is 5.56 Å². The molecule has 6 heteroatoms. The molecule has 1 aromatic carbocycles. The van der Waals surface area contributed by atoms with Crippen LogP contribution in [0, 0.1) is 0 Å². The molecule has 0 bridgehead atoms. The van der Waals surface area contributed by atoms with Crippen molar-refractivity contribution in [2.75, 3.05) is 20.2 Å². The summed E-state index contributed by atoms with van der Waals surface area (Å²) in [7, 11) is 0.264. The van der Waals surface area contributed by atoms with Crippen LogP contribution >= 0.6 is 0 Å². The molecule has 1 saturated heterocycles. The molecule has 0 aromatic heterocycles. The molecule has 97 valence electrons. The minimum absolute atomic E-state index is 0.0384. The monoisotopic (exact) mass is 266 g/mol. The van der Waals surface area contributed by atoms with Crippen molar-refractivity contribution in [1.82, 2.24) is 4.31 Å². The van der Waals surface area contributed by atoms with E-state index in [1.54, 1.807) is 7.05 Å². The van der Waals surface area contributed by atoms with Gasteiger partial charge in [-0.25, -0.2) is 12.7 Å². The molecule has 4 nitrogen and oxygen atoms in total. The van der Waals surface area contributed by atoms with Crippen LogP contribution in [0.5, 0.6) is 0 Å². The zero-order valence-electron chi connectivity index (χ0n) is 10.7. The van der Waals surface area contributed by atoms with E-state index in [1.807, 2.05) is 38.4 Å². The van der Waals surface area contributed by atoms with E-state index < -0.39 is 10.0 Å². The molecule has 0 N–H and O–H groups in total. The van der Waals surface area contributed by atoms with Crippen LogP contribution in [-0.2, 0) is 20.5 Å². The summed E-state index contributed by atoms with van der Waals surface area (Å²) in [6.45, 7) is 3.02. The van der Waals surface area contributed by atoms with E-state index in [0.29, 0.717) is 13.2 Å². The number of hydrogen-bond donors (Lipinski definition) is 0. The van der Waals surface area contributed by atoms with Gasteiger partial charge in [-0.1, -0.05) is 36.6 Å². The maximum atomic E-state index is 12.2. The van der Waals surface area contributed by atoms with Gasteiger partial charge in [0.15, 0.2) is 0 Å². The Balaban J connectivity index is 2.10. The molecule has 0 saturated carbocycles. The number of likely N-dealkylation sites (N-methyl/N-ethyl adjacent to an activating group) is 1. The fourth-order valence-corrected chi connectivity index (χ4v) is 3.10. The Bertz CT molecular complexity index is 514. The molecular formula is C12H17BNO3S. The summed E-state index contributed by atoms with van der Waals surface area (Å²) in [4.78, 5) is 0. The number of epoxide rings is 1. The third kappa shape index (κ3) is 3.34. The van der Waals surface area contributed by atoms with Crippen molar-refractivity contribution in [3.05, 3.63) is 29.8 Å². The Morgan fingerprint density at radius 2 is 2.11 bits per heavy atom. The lowest BCUT2D eigenvalue weighted by Crippen LogP contribution is -2.33. The van der Waals surface area contributed by atoms with Crippen molar-refractivity contribution in [1.29, 1.82) is 0 Å². The number of ether oxygens (including phenoxy) is 1. The highest BCUT2D eigenvalue weighted by molar-refractivity contribution is 7.88. The summed E-state index contributed by atoms with van der Waals surface area (Å²) in [5, 5.41) is 0. The van der Waals surface area contributed by atoms with E-state index in [2.05, 4.69) is 0 Å². The molecule has 1 unspecified atom stereocenters. The third-order valence-corrected chi connectivity index (χ3v) is 4.82. The molecule has 0 aliphatic carbocycles. The number of benzene rings is 1. The van der Waals surface area contributed by atoms with Gasteiger partial charge in [-0.05, 0) is 5.56 Å². The lowest BCUT2D eigenvalue weighted by Gasteiger charge is -2.17. The number of hydrogen-bond acceptors (Lipinski definition) is 3. The van der Waals surface area contributed by atoms with Crippen LogP contribution in [-0.4, -0.2) is 46.3 Å². The molecule has 0 amide bonds. The lowest BCUT2D eigenvalue weighted by atomic mass is 9.71. The van der Waals surface area contributed by atoms with E-state index in [-0.39, 0.29) is 11.9 Å². The van der Waals surface area contributed by atoms with Gasteiger partial charge in [-0.15, -0.1) is 0 Å². The number of sulfonamides is 1. The first-order valence-electron chi connectivity index (χ1n) is 5.96. The molecule has 18 heavy (non-hydrogen) atoms. The zero-order chi connectivity index (χ0) is 13.2. The van der Waals surface area contributed by atoms with Gasteiger partial charge in [0, 0.05) is 13.6 Å². The minimum Gasteiger partial charge on any atom is -0.372 e. The van der Waals surface area contributed by atoms with Crippen LogP contribution in [0.15, 0.2) is 24.3 Å². The van der Waals surface area contributed by atoms with Crippen LogP contribution in [0.2, 0.25) is 6.82 Å². The van der Waals surface area contributed by atoms with Crippen LogP contribution in [0.3, 0.4) is 0 Å². The van der Waals surface area contributed by atoms with Crippen LogP contribution in [0.4, 0.5) is 0 Å². The fraction of sp³-hybridized carbons (Fsp3) is 0.500. The zero-order valence-corrected chi connectivity index (χ0v) is 11.5. The van der Waals surface area contributed by atoms with E-state index in [0.717, 1.165) is 11.0 Å². The summed E-state index contributed by atoms with van der Waals surface area (Å²) in [6, 6.07) is 7.55. The molecule has 1 aromatic rings. The molecule has 1 fully saturated rings. The standard InChI is InChI=1S/C12H17BNO3S/c1-13-12-6-4-3-5-10(12)9-18(15,16)14(2)7-11-8-17-11/h3-6,11H,7-9H2,1-2H3. The van der Waals surface area contributed by atoms with E-state index in [9.17, 15) is 8.42 Å². The van der Waals surface area contributed by atoms with Crippen LogP contribution < -0.4 is 5.46 Å². The molecule has 1 atom stereocenters. The van der Waals surface area contributed by atoms with Crippen molar-refractivity contribution < 1.29 is 13.2 Å². The van der Waals surface area contributed by atoms with E-state index >= 15 is 0 Å². The molecule has 1 heterocycles. The van der Waals surface area contributed by atoms with Crippen molar-refractivity contribution in [3.8, 4) is 0 Å². The molecule has 1 aliphatic heterocycles. The van der Waals surface area contributed by atoms with Gasteiger partial charge in [0.05, 0.1) is 18.5 Å². The smallest absolute Gasteiger partial charge is 0.218 e. The van der Waals surface area contributed by atoms with Gasteiger partial charge in [0.1, 0.15) is 7.28 Å².